The van der Waals surface area contributed by atoms with Crippen LogP contribution in [0, 0.1) is 16.7 Å². The Morgan fingerprint density at radius 2 is 2.08 bits per heavy atom. The van der Waals surface area contributed by atoms with Crippen molar-refractivity contribution in [2.75, 3.05) is 13.7 Å². The fraction of sp³-hybridized carbons (Fsp3) is 0.722. The third-order valence-electron chi connectivity index (χ3n) is 6.61. The molecule has 8 nitrogen and oxygen atoms in total. The first-order valence-electron chi connectivity index (χ1n) is 9.02. The Bertz CT molecular complexity index is 712. The molecule has 1 heterocycles. The first-order valence-corrected chi connectivity index (χ1v) is 9.02. The highest BCUT2D eigenvalue weighted by atomic mass is 16.5. The van der Waals surface area contributed by atoms with Gasteiger partial charge in [0, 0.05) is 31.0 Å². The number of hydrazone groups is 2. The molecule has 0 aromatic carbocycles. The maximum absolute atomic E-state index is 12.0. The zero-order chi connectivity index (χ0) is 19.1. The SMILES string of the molecule is CN1N=C(C(=O)OCC(=O)N/N=C2\CC3CCC2(C)C3(C)C)CCC1=O. The molecule has 3 rings (SSSR count). The predicted molar refractivity (Wildman–Crippen MR) is 95.2 cm³/mol. The van der Waals surface area contributed by atoms with Gasteiger partial charge in [0.2, 0.25) is 5.91 Å². The molecule has 26 heavy (non-hydrogen) atoms. The van der Waals surface area contributed by atoms with Crippen molar-refractivity contribution in [2.45, 2.75) is 52.9 Å². The number of fused-ring (bicyclic) bond motifs is 2. The summed E-state index contributed by atoms with van der Waals surface area (Å²) < 4.78 is 4.98. The summed E-state index contributed by atoms with van der Waals surface area (Å²) in [6.07, 6.45) is 3.62. The average molecular weight is 362 g/mol. The van der Waals surface area contributed by atoms with Gasteiger partial charge in [-0.05, 0) is 30.6 Å². The lowest BCUT2D eigenvalue weighted by Crippen LogP contribution is -2.36. The van der Waals surface area contributed by atoms with Gasteiger partial charge in [-0.25, -0.2) is 15.2 Å². The minimum atomic E-state index is -0.680. The molecule has 2 unspecified atom stereocenters. The van der Waals surface area contributed by atoms with Gasteiger partial charge in [0.25, 0.3) is 5.91 Å². The maximum atomic E-state index is 12.0. The van der Waals surface area contributed by atoms with E-state index in [2.05, 4.69) is 36.4 Å². The van der Waals surface area contributed by atoms with Crippen LogP contribution in [0.15, 0.2) is 10.2 Å². The molecule has 2 atom stereocenters. The standard InChI is InChI=1S/C18H26N4O4/c1-17(2)11-7-8-18(17,3)13(9-11)19-20-14(23)10-26-16(25)12-5-6-15(24)22(4)21-12/h11H,5-10H2,1-4H3,(H,20,23)/b19-13+. The van der Waals surface area contributed by atoms with E-state index in [0.29, 0.717) is 5.92 Å². The minimum absolute atomic E-state index is 0.00950. The number of nitrogens with zero attached hydrogens (tertiary/aromatic N) is 3. The smallest absolute Gasteiger partial charge is 0.355 e. The highest BCUT2D eigenvalue weighted by Gasteiger charge is 2.60. The van der Waals surface area contributed by atoms with Crippen molar-refractivity contribution in [1.82, 2.24) is 10.4 Å². The number of nitrogens with one attached hydrogen (secondary N) is 1. The molecule has 8 heteroatoms. The molecule has 3 aliphatic rings. The fourth-order valence-corrected chi connectivity index (χ4v) is 4.29. The summed E-state index contributed by atoms with van der Waals surface area (Å²) in [5.41, 5.74) is 3.88. The monoisotopic (exact) mass is 362 g/mol. The molecule has 0 aromatic rings. The van der Waals surface area contributed by atoms with Gasteiger partial charge in [0.05, 0.1) is 0 Å². The quantitative estimate of drug-likeness (QED) is 0.604. The largest absolute Gasteiger partial charge is 0.451 e. The first kappa shape index (κ1) is 18.5. The van der Waals surface area contributed by atoms with Crippen LogP contribution in [0.4, 0.5) is 0 Å². The Labute approximate surface area is 153 Å². The summed E-state index contributed by atoms with van der Waals surface area (Å²) in [5, 5.41) is 9.31. The summed E-state index contributed by atoms with van der Waals surface area (Å²) in [7, 11) is 1.48. The highest BCUT2D eigenvalue weighted by Crippen LogP contribution is 2.63. The molecule has 1 aliphatic heterocycles. The molecule has 0 radical (unpaired) electrons. The molecule has 1 N–H and O–H groups in total. The summed E-state index contributed by atoms with van der Waals surface area (Å²) >= 11 is 0. The van der Waals surface area contributed by atoms with Gasteiger partial charge in [-0.15, -0.1) is 0 Å². The molecule has 2 fully saturated rings. The van der Waals surface area contributed by atoms with Crippen LogP contribution >= 0.6 is 0 Å². The first-order chi connectivity index (χ1) is 12.1. The molecule has 2 aliphatic carbocycles. The van der Waals surface area contributed by atoms with Gasteiger partial charge < -0.3 is 4.74 Å². The van der Waals surface area contributed by atoms with E-state index in [4.69, 9.17) is 4.74 Å². The van der Waals surface area contributed by atoms with Crippen molar-refractivity contribution in [3.05, 3.63) is 0 Å². The summed E-state index contributed by atoms with van der Waals surface area (Å²) in [4.78, 5) is 35.3. The van der Waals surface area contributed by atoms with Gasteiger partial charge >= 0.3 is 5.97 Å². The summed E-state index contributed by atoms with van der Waals surface area (Å²) in [6, 6.07) is 0. The van der Waals surface area contributed by atoms with Crippen LogP contribution in [0.2, 0.25) is 0 Å². The Morgan fingerprint density at radius 3 is 2.65 bits per heavy atom. The second-order valence-corrected chi connectivity index (χ2v) is 8.13. The minimum Gasteiger partial charge on any atom is -0.451 e. The van der Waals surface area contributed by atoms with Crippen molar-refractivity contribution in [2.24, 2.45) is 27.0 Å². The lowest BCUT2D eigenvalue weighted by Gasteiger charge is -2.34. The van der Waals surface area contributed by atoms with Crippen molar-refractivity contribution < 1.29 is 19.1 Å². The number of amides is 2. The molecular formula is C18H26N4O4. The second kappa shape index (κ2) is 6.48. The predicted octanol–water partition coefficient (Wildman–Crippen LogP) is 1.46. The van der Waals surface area contributed by atoms with Gasteiger partial charge in [-0.1, -0.05) is 20.8 Å². The number of hydrogen-bond acceptors (Lipinski definition) is 6. The summed E-state index contributed by atoms with van der Waals surface area (Å²) in [5.74, 6) is -0.710. The Kier molecular flexibility index (Phi) is 4.62. The number of rotatable bonds is 4. The van der Waals surface area contributed by atoms with Crippen LogP contribution in [0.1, 0.15) is 52.9 Å². The molecule has 2 saturated carbocycles. The van der Waals surface area contributed by atoms with Crippen LogP contribution in [-0.2, 0) is 19.1 Å². The average Bonchev–Trinajstić information content (AvgIpc) is 2.93. The molecule has 0 aromatic heterocycles. The highest BCUT2D eigenvalue weighted by molar-refractivity contribution is 6.37. The van der Waals surface area contributed by atoms with Gasteiger partial charge in [-0.3, -0.25) is 9.59 Å². The van der Waals surface area contributed by atoms with Gasteiger partial charge in [0.15, 0.2) is 6.61 Å². The fourth-order valence-electron chi connectivity index (χ4n) is 4.29. The Balaban J connectivity index is 1.52. The Hall–Kier alpha value is -2.25. The van der Waals surface area contributed by atoms with Gasteiger partial charge in [0.1, 0.15) is 5.71 Å². The number of hydrogen-bond donors (Lipinski definition) is 1. The molecule has 2 amide bonds. The second-order valence-electron chi connectivity index (χ2n) is 8.13. The Morgan fingerprint density at radius 1 is 1.35 bits per heavy atom. The molecule has 0 spiro atoms. The number of carbonyl (C=O) groups excluding carboxylic acids is 3. The third-order valence-corrected chi connectivity index (χ3v) is 6.61. The molecule has 2 bridgehead atoms. The van der Waals surface area contributed by atoms with E-state index in [9.17, 15) is 14.4 Å². The lowest BCUT2D eigenvalue weighted by molar-refractivity contribution is -0.142. The summed E-state index contributed by atoms with van der Waals surface area (Å²) in [6.45, 7) is 6.33. The lowest BCUT2D eigenvalue weighted by atomic mass is 9.70. The van der Waals surface area contributed by atoms with E-state index in [-0.39, 0.29) is 35.3 Å². The van der Waals surface area contributed by atoms with E-state index in [0.717, 1.165) is 23.6 Å². The molecule has 0 saturated heterocycles. The van der Waals surface area contributed by atoms with Crippen LogP contribution in [0.25, 0.3) is 0 Å². The van der Waals surface area contributed by atoms with Crippen molar-refractivity contribution in [1.29, 1.82) is 0 Å². The van der Waals surface area contributed by atoms with Crippen LogP contribution < -0.4 is 5.43 Å². The molecule has 142 valence electrons. The number of carbonyl (C=O) groups is 3. The normalized spacial score (nSPS) is 31.2. The van der Waals surface area contributed by atoms with Gasteiger partial charge in [-0.2, -0.15) is 10.2 Å². The topological polar surface area (TPSA) is 100 Å². The molecular weight excluding hydrogens is 336 g/mol. The number of ether oxygens (including phenoxy) is 1. The van der Waals surface area contributed by atoms with Crippen LogP contribution in [-0.4, -0.2) is 47.9 Å². The number of esters is 1. The van der Waals surface area contributed by atoms with Crippen molar-refractivity contribution in [3.63, 3.8) is 0 Å². The van der Waals surface area contributed by atoms with Crippen LogP contribution in [0.3, 0.4) is 0 Å². The third kappa shape index (κ3) is 3.01. The maximum Gasteiger partial charge on any atom is 0.355 e. The zero-order valence-corrected chi connectivity index (χ0v) is 15.8. The van der Waals surface area contributed by atoms with E-state index >= 15 is 0 Å². The van der Waals surface area contributed by atoms with Crippen LogP contribution in [0.5, 0.6) is 0 Å². The van der Waals surface area contributed by atoms with E-state index < -0.39 is 18.5 Å². The van der Waals surface area contributed by atoms with Crippen molar-refractivity contribution in [3.8, 4) is 0 Å². The van der Waals surface area contributed by atoms with E-state index in [1.165, 1.54) is 13.5 Å². The van der Waals surface area contributed by atoms with E-state index in [1.54, 1.807) is 0 Å². The zero-order valence-electron chi connectivity index (χ0n) is 15.8. The van der Waals surface area contributed by atoms with Crippen molar-refractivity contribution >= 4 is 29.2 Å². The van der Waals surface area contributed by atoms with E-state index in [1.807, 2.05) is 0 Å².